The Morgan fingerprint density at radius 3 is 2.37 bits per heavy atom. The van der Waals surface area contributed by atoms with Crippen molar-refractivity contribution in [1.29, 1.82) is 0 Å². The minimum Gasteiger partial charge on any atom is -0.443 e. The van der Waals surface area contributed by atoms with Gasteiger partial charge in [-0.1, -0.05) is 20.8 Å². The van der Waals surface area contributed by atoms with Crippen molar-refractivity contribution in [2.45, 2.75) is 56.1 Å². The second-order valence-electron chi connectivity index (χ2n) is 7.11. The van der Waals surface area contributed by atoms with E-state index in [1.807, 2.05) is 20.8 Å². The molecular weight excluding hydrogens is 405 g/mol. The highest BCUT2D eigenvalue weighted by atomic mass is 35.5. The van der Waals surface area contributed by atoms with E-state index < -0.39 is 27.8 Å². The van der Waals surface area contributed by atoms with Crippen LogP contribution in [0.15, 0.2) is 33.7 Å². The number of oxazole rings is 1. The number of aromatic nitrogens is 1. The fourth-order valence-corrected chi connectivity index (χ4v) is 4.02. The Hall–Kier alpha value is -1.58. The molecule has 2 rings (SSSR count). The largest absolute Gasteiger partial charge is 0.443 e. The number of alkyl halides is 4. The number of nitrogens with one attached hydrogen (secondary N) is 1. The van der Waals surface area contributed by atoms with Gasteiger partial charge in [0, 0.05) is 11.3 Å². The molecule has 0 saturated carbocycles. The lowest BCUT2D eigenvalue weighted by atomic mass is 9.94. The van der Waals surface area contributed by atoms with E-state index in [2.05, 4.69) is 9.71 Å². The molecular formula is C17H20ClF3N2O3S. The van der Waals surface area contributed by atoms with Crippen LogP contribution in [0, 0.1) is 0 Å². The van der Waals surface area contributed by atoms with Crippen LogP contribution in [0.3, 0.4) is 0 Å². The average Bonchev–Trinajstić information content (AvgIpc) is 3.03. The molecule has 1 aromatic heterocycles. The molecule has 150 valence electrons. The van der Waals surface area contributed by atoms with Crippen molar-refractivity contribution >= 4 is 21.6 Å². The summed E-state index contributed by atoms with van der Waals surface area (Å²) in [6, 6.07) is 1.51. The molecule has 0 aliphatic carbocycles. The van der Waals surface area contributed by atoms with Gasteiger partial charge in [0.25, 0.3) is 0 Å². The third-order valence-electron chi connectivity index (χ3n) is 3.79. The van der Waals surface area contributed by atoms with Crippen molar-refractivity contribution in [3.8, 4) is 0 Å². The van der Waals surface area contributed by atoms with Crippen LogP contribution in [0.25, 0.3) is 0 Å². The summed E-state index contributed by atoms with van der Waals surface area (Å²) in [5.41, 5.74) is -1.41. The van der Waals surface area contributed by atoms with Gasteiger partial charge in [0.2, 0.25) is 15.9 Å². The Balaban J connectivity index is 2.32. The molecule has 2 aromatic rings. The predicted octanol–water partition coefficient (Wildman–Crippen LogP) is 4.77. The number of rotatable bonds is 5. The molecule has 5 nitrogen and oxygen atoms in total. The number of hydrogen-bond donors (Lipinski definition) is 1. The summed E-state index contributed by atoms with van der Waals surface area (Å²) < 4.78 is 71.7. The fraction of sp³-hybridized carbons (Fsp3) is 0.471. The lowest BCUT2D eigenvalue weighted by Crippen LogP contribution is -2.28. The van der Waals surface area contributed by atoms with E-state index in [-0.39, 0.29) is 27.6 Å². The topological polar surface area (TPSA) is 72.2 Å². The zero-order valence-corrected chi connectivity index (χ0v) is 16.8. The SMILES string of the molecule is CC(NS(=O)(=O)c1ccc(C(F)(F)F)cc1CCl)c1ncc(C(C)(C)C)o1. The molecule has 0 radical (unpaired) electrons. The first-order valence-corrected chi connectivity index (χ1v) is 10.0. The average molecular weight is 425 g/mol. The van der Waals surface area contributed by atoms with Gasteiger partial charge < -0.3 is 4.42 Å². The van der Waals surface area contributed by atoms with Crippen LogP contribution in [0.5, 0.6) is 0 Å². The number of sulfonamides is 1. The molecule has 1 atom stereocenters. The highest BCUT2D eigenvalue weighted by Gasteiger charge is 2.33. The Morgan fingerprint density at radius 2 is 1.89 bits per heavy atom. The lowest BCUT2D eigenvalue weighted by Gasteiger charge is -2.16. The van der Waals surface area contributed by atoms with Crippen LogP contribution in [0.2, 0.25) is 0 Å². The number of hydrogen-bond acceptors (Lipinski definition) is 4. The molecule has 0 amide bonds. The fourth-order valence-electron chi connectivity index (χ4n) is 2.30. The van der Waals surface area contributed by atoms with E-state index in [1.165, 1.54) is 13.1 Å². The molecule has 0 bridgehead atoms. The Labute approximate surface area is 161 Å². The van der Waals surface area contributed by atoms with E-state index in [0.29, 0.717) is 11.8 Å². The molecule has 1 unspecified atom stereocenters. The van der Waals surface area contributed by atoms with Gasteiger partial charge in [-0.15, -0.1) is 11.6 Å². The molecule has 1 aromatic carbocycles. The quantitative estimate of drug-likeness (QED) is 0.702. The summed E-state index contributed by atoms with van der Waals surface area (Å²) in [6.07, 6.45) is -3.08. The van der Waals surface area contributed by atoms with Gasteiger partial charge in [0.05, 0.1) is 22.7 Å². The standard InChI is InChI=1S/C17H20ClF3N2O3S/c1-10(15-22-9-14(26-15)16(2,3)4)23-27(24,25)13-6-5-12(17(19,20)21)7-11(13)8-18/h5-7,9-10,23H,8H2,1-4H3. The van der Waals surface area contributed by atoms with Crippen molar-refractivity contribution in [2.75, 3.05) is 0 Å². The molecule has 0 aliphatic rings. The van der Waals surface area contributed by atoms with Crippen molar-refractivity contribution < 1.29 is 26.0 Å². The van der Waals surface area contributed by atoms with Crippen LogP contribution in [0.4, 0.5) is 13.2 Å². The van der Waals surface area contributed by atoms with Crippen LogP contribution in [-0.2, 0) is 27.5 Å². The van der Waals surface area contributed by atoms with Gasteiger partial charge in [0.1, 0.15) is 5.76 Å². The molecule has 0 fully saturated rings. The van der Waals surface area contributed by atoms with Crippen molar-refractivity contribution in [2.24, 2.45) is 0 Å². The smallest absolute Gasteiger partial charge is 0.416 e. The first-order valence-electron chi connectivity index (χ1n) is 8.00. The normalized spacial score (nSPS) is 14.4. The van der Waals surface area contributed by atoms with Crippen LogP contribution in [-0.4, -0.2) is 13.4 Å². The van der Waals surface area contributed by atoms with E-state index >= 15 is 0 Å². The molecule has 10 heteroatoms. The first-order chi connectivity index (χ1) is 12.3. The monoisotopic (exact) mass is 424 g/mol. The number of nitrogens with zero attached hydrogens (tertiary/aromatic N) is 1. The Kier molecular flexibility index (Phi) is 5.99. The maximum Gasteiger partial charge on any atom is 0.416 e. The van der Waals surface area contributed by atoms with E-state index in [9.17, 15) is 21.6 Å². The minimum absolute atomic E-state index is 0.144. The molecule has 1 heterocycles. The molecule has 27 heavy (non-hydrogen) atoms. The van der Waals surface area contributed by atoms with Gasteiger partial charge in [-0.25, -0.2) is 13.4 Å². The maximum absolute atomic E-state index is 12.8. The number of benzene rings is 1. The highest BCUT2D eigenvalue weighted by molar-refractivity contribution is 7.89. The van der Waals surface area contributed by atoms with Crippen LogP contribution >= 0.6 is 11.6 Å². The second-order valence-corrected chi connectivity index (χ2v) is 9.06. The maximum atomic E-state index is 12.8. The second kappa shape index (κ2) is 7.44. The van der Waals surface area contributed by atoms with Crippen LogP contribution in [0.1, 0.15) is 56.5 Å². The Bertz CT molecular complexity index is 918. The molecule has 0 saturated heterocycles. The predicted molar refractivity (Wildman–Crippen MR) is 94.9 cm³/mol. The molecule has 0 spiro atoms. The summed E-state index contributed by atoms with van der Waals surface area (Å²) in [6.45, 7) is 7.28. The summed E-state index contributed by atoms with van der Waals surface area (Å²) in [7, 11) is -4.14. The zero-order chi connectivity index (χ0) is 20.6. The van der Waals surface area contributed by atoms with Gasteiger partial charge >= 0.3 is 6.18 Å². The van der Waals surface area contributed by atoms with Crippen molar-refractivity contribution in [3.05, 3.63) is 47.2 Å². The minimum atomic E-state index is -4.59. The third kappa shape index (κ3) is 5.03. The van der Waals surface area contributed by atoms with Gasteiger partial charge in [-0.05, 0) is 30.7 Å². The van der Waals surface area contributed by atoms with Crippen LogP contribution < -0.4 is 4.72 Å². The van der Waals surface area contributed by atoms with E-state index in [4.69, 9.17) is 16.0 Å². The Morgan fingerprint density at radius 1 is 1.26 bits per heavy atom. The molecule has 0 aliphatic heterocycles. The third-order valence-corrected chi connectivity index (χ3v) is 5.72. The van der Waals surface area contributed by atoms with Crippen molar-refractivity contribution in [1.82, 2.24) is 9.71 Å². The van der Waals surface area contributed by atoms with Gasteiger partial charge in [0.15, 0.2) is 0 Å². The zero-order valence-electron chi connectivity index (χ0n) is 15.2. The lowest BCUT2D eigenvalue weighted by molar-refractivity contribution is -0.137. The summed E-state index contributed by atoms with van der Waals surface area (Å²) in [5.74, 6) is 0.351. The van der Waals surface area contributed by atoms with Crippen molar-refractivity contribution in [3.63, 3.8) is 0 Å². The molecule has 1 N–H and O–H groups in total. The van der Waals surface area contributed by atoms with E-state index in [0.717, 1.165) is 12.1 Å². The van der Waals surface area contributed by atoms with E-state index in [1.54, 1.807) is 0 Å². The van der Waals surface area contributed by atoms with Gasteiger partial charge in [-0.2, -0.15) is 17.9 Å². The number of halogens is 4. The summed E-state index contributed by atoms with van der Waals surface area (Å²) in [4.78, 5) is 3.76. The summed E-state index contributed by atoms with van der Waals surface area (Å²) >= 11 is 5.68. The highest BCUT2D eigenvalue weighted by Crippen LogP contribution is 2.32. The summed E-state index contributed by atoms with van der Waals surface area (Å²) in [5, 5.41) is 0. The first kappa shape index (κ1) is 21.7. The van der Waals surface area contributed by atoms with Gasteiger partial charge in [-0.3, -0.25) is 0 Å².